The number of likely N-dealkylation sites (tertiary alicyclic amines) is 2. The molecule has 2 atom stereocenters. The van der Waals surface area contributed by atoms with Crippen molar-refractivity contribution in [3.63, 3.8) is 0 Å². The molecule has 2 aliphatic heterocycles. The Morgan fingerprint density at radius 1 is 1.00 bits per heavy atom. The number of halogens is 2. The minimum absolute atomic E-state index is 0.0587. The van der Waals surface area contributed by atoms with Crippen LogP contribution in [0.1, 0.15) is 44.2 Å². The molecule has 2 aromatic carbocycles. The third kappa shape index (κ3) is 7.29. The molecule has 2 amide bonds. The summed E-state index contributed by atoms with van der Waals surface area (Å²) in [4.78, 5) is 27.6. The van der Waals surface area contributed by atoms with Crippen molar-refractivity contribution in [2.75, 3.05) is 26.2 Å². The number of benzene rings is 2. The van der Waals surface area contributed by atoms with E-state index in [1.165, 1.54) is 11.0 Å². The molecule has 2 N–H and O–H groups in total. The number of hydrogen-bond acceptors (Lipinski definition) is 5. The summed E-state index contributed by atoms with van der Waals surface area (Å²) in [6.07, 6.45) is 0.584. The summed E-state index contributed by atoms with van der Waals surface area (Å²) in [6.45, 7) is 5.78. The van der Waals surface area contributed by atoms with E-state index in [-0.39, 0.29) is 37.2 Å². The standard InChI is InChI=1S/C29H37F2N3O4/c1-19(2)38-29(36)33-13-10-25(11-14-33)37-18-20-3-5-21(6-4-20)22-7-8-23(26(31)15-22)16-27(32)28(35)34-12-9-24(30)17-34/h3-8,15,19,24-25,27H,9-14,16-18,32H2,1-2H3. The third-order valence-corrected chi connectivity index (χ3v) is 7.06. The Hall–Kier alpha value is -3.04. The lowest BCUT2D eigenvalue weighted by atomic mass is 9.99. The Balaban J connectivity index is 1.26. The lowest BCUT2D eigenvalue weighted by Crippen LogP contribution is -2.44. The zero-order chi connectivity index (χ0) is 27.2. The minimum Gasteiger partial charge on any atom is -0.447 e. The van der Waals surface area contributed by atoms with Gasteiger partial charge in [0.15, 0.2) is 0 Å². The van der Waals surface area contributed by atoms with Gasteiger partial charge in [-0.15, -0.1) is 0 Å². The van der Waals surface area contributed by atoms with Gasteiger partial charge in [-0.1, -0.05) is 36.4 Å². The Bertz CT molecular complexity index is 1100. The van der Waals surface area contributed by atoms with Crippen LogP contribution in [0.4, 0.5) is 13.6 Å². The zero-order valence-electron chi connectivity index (χ0n) is 22.1. The SMILES string of the molecule is CC(C)OC(=O)N1CCC(OCc2ccc(-c3ccc(CC(N)C(=O)N4CCC(F)C4)c(F)c3)cc2)CC1. The van der Waals surface area contributed by atoms with Crippen LogP contribution < -0.4 is 5.73 Å². The lowest BCUT2D eigenvalue weighted by Gasteiger charge is -2.31. The number of hydrogen-bond donors (Lipinski definition) is 1. The number of nitrogens with zero attached hydrogens (tertiary/aromatic N) is 2. The van der Waals surface area contributed by atoms with E-state index < -0.39 is 18.0 Å². The van der Waals surface area contributed by atoms with Crippen LogP contribution in [0.5, 0.6) is 0 Å². The van der Waals surface area contributed by atoms with Gasteiger partial charge < -0.3 is 25.0 Å². The van der Waals surface area contributed by atoms with Crippen molar-refractivity contribution in [1.29, 1.82) is 0 Å². The van der Waals surface area contributed by atoms with Crippen LogP contribution in [-0.2, 0) is 27.3 Å². The molecule has 2 aromatic rings. The first-order valence-electron chi connectivity index (χ1n) is 13.3. The van der Waals surface area contributed by atoms with E-state index in [0.29, 0.717) is 38.2 Å². The molecule has 38 heavy (non-hydrogen) atoms. The molecule has 4 rings (SSSR count). The van der Waals surface area contributed by atoms with Crippen LogP contribution in [-0.4, -0.2) is 72.4 Å². The van der Waals surface area contributed by atoms with Crippen molar-refractivity contribution in [3.05, 3.63) is 59.4 Å². The van der Waals surface area contributed by atoms with E-state index in [0.717, 1.165) is 29.5 Å². The third-order valence-electron chi connectivity index (χ3n) is 7.06. The summed E-state index contributed by atoms with van der Waals surface area (Å²) >= 11 is 0. The molecule has 206 valence electrons. The molecule has 2 aliphatic rings. The fraction of sp³-hybridized carbons (Fsp3) is 0.517. The van der Waals surface area contributed by atoms with E-state index in [1.807, 2.05) is 44.2 Å². The molecule has 0 radical (unpaired) electrons. The zero-order valence-corrected chi connectivity index (χ0v) is 22.1. The average Bonchev–Trinajstić information content (AvgIpc) is 3.34. The second-order valence-corrected chi connectivity index (χ2v) is 10.4. The summed E-state index contributed by atoms with van der Waals surface area (Å²) in [5.41, 5.74) is 8.97. The normalized spacial score (nSPS) is 19.2. The van der Waals surface area contributed by atoms with Gasteiger partial charge in [-0.2, -0.15) is 0 Å². The van der Waals surface area contributed by atoms with Crippen LogP contribution in [0.3, 0.4) is 0 Å². The molecule has 2 fully saturated rings. The number of piperidine rings is 1. The van der Waals surface area contributed by atoms with E-state index in [1.54, 1.807) is 11.0 Å². The van der Waals surface area contributed by atoms with Gasteiger partial charge in [-0.05, 0) is 67.9 Å². The maximum Gasteiger partial charge on any atom is 0.410 e. The maximum absolute atomic E-state index is 14.9. The highest BCUT2D eigenvalue weighted by molar-refractivity contribution is 5.82. The Kier molecular flexibility index (Phi) is 9.33. The number of ether oxygens (including phenoxy) is 2. The largest absolute Gasteiger partial charge is 0.447 e. The predicted octanol–water partition coefficient (Wildman–Crippen LogP) is 4.46. The highest BCUT2D eigenvalue weighted by atomic mass is 19.1. The number of nitrogens with two attached hydrogens (primary N) is 1. The molecule has 2 saturated heterocycles. The number of rotatable bonds is 8. The van der Waals surface area contributed by atoms with Crippen molar-refractivity contribution >= 4 is 12.0 Å². The lowest BCUT2D eigenvalue weighted by molar-refractivity contribution is -0.131. The second-order valence-electron chi connectivity index (χ2n) is 10.4. The van der Waals surface area contributed by atoms with Gasteiger partial charge in [0.2, 0.25) is 5.91 Å². The number of carbonyl (C=O) groups excluding carboxylic acids is 2. The highest BCUT2D eigenvalue weighted by Crippen LogP contribution is 2.24. The molecule has 9 heteroatoms. The van der Waals surface area contributed by atoms with Gasteiger partial charge in [-0.25, -0.2) is 13.6 Å². The number of amides is 2. The van der Waals surface area contributed by atoms with E-state index >= 15 is 0 Å². The highest BCUT2D eigenvalue weighted by Gasteiger charge is 2.29. The first-order chi connectivity index (χ1) is 18.2. The Morgan fingerprint density at radius 3 is 2.26 bits per heavy atom. The van der Waals surface area contributed by atoms with E-state index in [2.05, 4.69) is 0 Å². The first kappa shape index (κ1) is 28.0. The van der Waals surface area contributed by atoms with Gasteiger partial charge in [0.25, 0.3) is 0 Å². The summed E-state index contributed by atoms with van der Waals surface area (Å²) in [5.74, 6) is -0.766. The van der Waals surface area contributed by atoms with E-state index in [4.69, 9.17) is 15.2 Å². The summed E-state index contributed by atoms with van der Waals surface area (Å²) in [5, 5.41) is 0. The molecule has 7 nitrogen and oxygen atoms in total. The summed E-state index contributed by atoms with van der Waals surface area (Å²) < 4.78 is 39.6. The molecular weight excluding hydrogens is 492 g/mol. The van der Waals surface area contributed by atoms with Crippen molar-refractivity contribution < 1.29 is 27.8 Å². The summed E-state index contributed by atoms with van der Waals surface area (Å²) in [6, 6.07) is 11.8. The van der Waals surface area contributed by atoms with Crippen molar-refractivity contribution in [3.8, 4) is 11.1 Å². The van der Waals surface area contributed by atoms with Gasteiger partial charge >= 0.3 is 6.09 Å². The second kappa shape index (κ2) is 12.7. The number of carbonyl (C=O) groups is 2. The van der Waals surface area contributed by atoms with Crippen molar-refractivity contribution in [2.45, 2.75) is 70.6 Å². The average molecular weight is 530 g/mol. The fourth-order valence-corrected chi connectivity index (χ4v) is 4.86. The molecule has 0 bridgehead atoms. The molecule has 0 aromatic heterocycles. The smallest absolute Gasteiger partial charge is 0.410 e. The monoisotopic (exact) mass is 529 g/mol. The van der Waals surface area contributed by atoms with Crippen molar-refractivity contribution in [2.24, 2.45) is 5.73 Å². The molecule has 2 heterocycles. The van der Waals surface area contributed by atoms with Crippen LogP contribution in [0.15, 0.2) is 42.5 Å². The van der Waals surface area contributed by atoms with Gasteiger partial charge in [0.05, 0.1) is 31.4 Å². The van der Waals surface area contributed by atoms with Crippen LogP contribution in [0.25, 0.3) is 11.1 Å². The fourth-order valence-electron chi connectivity index (χ4n) is 4.86. The summed E-state index contributed by atoms with van der Waals surface area (Å²) in [7, 11) is 0. The molecule has 0 saturated carbocycles. The molecule has 0 aliphatic carbocycles. The Labute approximate surface area is 222 Å². The molecular formula is C29H37F2N3O4. The minimum atomic E-state index is -1.01. The van der Waals surface area contributed by atoms with Gasteiger partial charge in [0.1, 0.15) is 12.0 Å². The maximum atomic E-state index is 14.9. The number of alkyl halides is 1. The van der Waals surface area contributed by atoms with Gasteiger partial charge in [0, 0.05) is 19.6 Å². The van der Waals surface area contributed by atoms with Crippen LogP contribution >= 0.6 is 0 Å². The quantitative estimate of drug-likeness (QED) is 0.546. The van der Waals surface area contributed by atoms with Gasteiger partial charge in [-0.3, -0.25) is 4.79 Å². The molecule has 0 spiro atoms. The van der Waals surface area contributed by atoms with Crippen LogP contribution in [0, 0.1) is 5.82 Å². The Morgan fingerprint density at radius 2 is 1.66 bits per heavy atom. The van der Waals surface area contributed by atoms with Crippen LogP contribution in [0.2, 0.25) is 0 Å². The van der Waals surface area contributed by atoms with Crippen molar-refractivity contribution in [1.82, 2.24) is 9.80 Å². The first-order valence-corrected chi connectivity index (χ1v) is 13.3. The molecule has 2 unspecified atom stereocenters. The van der Waals surface area contributed by atoms with E-state index in [9.17, 15) is 18.4 Å². The predicted molar refractivity (Wildman–Crippen MR) is 141 cm³/mol. The topological polar surface area (TPSA) is 85.1 Å².